The summed E-state index contributed by atoms with van der Waals surface area (Å²) in [5.74, 6) is -2.43. The van der Waals surface area contributed by atoms with Crippen molar-refractivity contribution in [3.63, 3.8) is 0 Å². The summed E-state index contributed by atoms with van der Waals surface area (Å²) in [7, 11) is 0. The molecule has 3 N–H and O–H groups in total. The lowest BCUT2D eigenvalue weighted by atomic mass is 9.93. The molecule has 2 aliphatic rings. The molecule has 1 aromatic carbocycles. The van der Waals surface area contributed by atoms with Crippen LogP contribution in [0.3, 0.4) is 0 Å². The molecule has 2 aliphatic heterocycles. The van der Waals surface area contributed by atoms with E-state index in [1.807, 2.05) is 35.2 Å². The molecule has 0 bridgehead atoms. The van der Waals surface area contributed by atoms with Crippen LogP contribution in [0.25, 0.3) is 10.9 Å². The van der Waals surface area contributed by atoms with Gasteiger partial charge in [-0.1, -0.05) is 18.2 Å². The fourth-order valence-corrected chi connectivity index (χ4v) is 4.36. The van der Waals surface area contributed by atoms with Crippen molar-refractivity contribution in [2.24, 2.45) is 11.8 Å². The molecule has 5 rings (SSSR count). The summed E-state index contributed by atoms with van der Waals surface area (Å²) in [6, 6.07) is 13.2. The van der Waals surface area contributed by atoms with Crippen molar-refractivity contribution in [2.75, 3.05) is 26.2 Å². The van der Waals surface area contributed by atoms with Gasteiger partial charge in [0, 0.05) is 60.3 Å². The number of halogens is 3. The van der Waals surface area contributed by atoms with Gasteiger partial charge in [0.25, 0.3) is 11.8 Å². The predicted octanol–water partition coefficient (Wildman–Crippen LogP) is 2.71. The van der Waals surface area contributed by atoms with E-state index in [0.29, 0.717) is 37.5 Å². The van der Waals surface area contributed by atoms with E-state index >= 15 is 0 Å². The smallest absolute Gasteiger partial charge is 0.475 e. The molecule has 36 heavy (non-hydrogen) atoms. The average Bonchev–Trinajstić information content (AvgIpc) is 3.57. The zero-order valence-electron chi connectivity index (χ0n) is 18.9. The molecule has 2 fully saturated rings. The van der Waals surface area contributed by atoms with Gasteiger partial charge in [-0.2, -0.15) is 13.2 Å². The van der Waals surface area contributed by atoms with Gasteiger partial charge in [-0.25, -0.2) is 4.79 Å². The second kappa shape index (κ2) is 10.4. The number of carboxylic acid groups (broad SMARTS) is 1. The molecule has 0 saturated carbocycles. The van der Waals surface area contributed by atoms with Crippen molar-refractivity contribution in [3.05, 3.63) is 66.1 Å². The van der Waals surface area contributed by atoms with Crippen molar-refractivity contribution < 1.29 is 37.4 Å². The quantitative estimate of drug-likeness (QED) is 0.502. The van der Waals surface area contributed by atoms with Crippen molar-refractivity contribution in [2.45, 2.75) is 12.3 Å². The number of benzene rings is 1. The Bertz CT molecular complexity index is 1210. The number of carbonyl (C=O) groups is 3. The molecule has 12 heteroatoms. The van der Waals surface area contributed by atoms with Crippen LogP contribution in [0.5, 0.6) is 0 Å². The molecule has 0 radical (unpaired) electrons. The van der Waals surface area contributed by atoms with Gasteiger partial charge in [0.2, 0.25) is 0 Å². The van der Waals surface area contributed by atoms with Gasteiger partial charge in [-0.3, -0.25) is 14.6 Å². The topological polar surface area (TPSA) is 125 Å². The van der Waals surface area contributed by atoms with Gasteiger partial charge in [-0.05, 0) is 24.3 Å². The monoisotopic (exact) mass is 504 g/mol. The number of ether oxygens (including phenoxy) is 1. The molecule has 190 valence electrons. The van der Waals surface area contributed by atoms with E-state index < -0.39 is 12.1 Å². The van der Waals surface area contributed by atoms with Crippen LogP contribution >= 0.6 is 0 Å². The molecular formula is C24H23F3N4O5. The molecule has 0 unspecified atom stereocenters. The van der Waals surface area contributed by atoms with E-state index in [0.717, 1.165) is 10.9 Å². The van der Waals surface area contributed by atoms with E-state index in [9.17, 15) is 22.8 Å². The molecule has 2 saturated heterocycles. The Labute approximate surface area is 203 Å². The number of carbonyl (C=O) groups excluding carboxylic acids is 2. The van der Waals surface area contributed by atoms with Crippen LogP contribution in [0.1, 0.15) is 20.8 Å². The Hall–Kier alpha value is -3.93. The zero-order chi connectivity index (χ0) is 25.9. The first-order chi connectivity index (χ1) is 17.1. The second-order valence-corrected chi connectivity index (χ2v) is 8.52. The van der Waals surface area contributed by atoms with Gasteiger partial charge in [-0.15, -0.1) is 0 Å². The Morgan fingerprint density at radius 3 is 2.50 bits per heavy atom. The van der Waals surface area contributed by atoms with Gasteiger partial charge >= 0.3 is 12.1 Å². The van der Waals surface area contributed by atoms with Crippen LogP contribution < -0.4 is 5.32 Å². The lowest BCUT2D eigenvalue weighted by Gasteiger charge is -2.19. The van der Waals surface area contributed by atoms with E-state index in [-0.39, 0.29) is 29.8 Å². The number of nitrogens with zero attached hydrogens (tertiary/aromatic N) is 2. The fourth-order valence-electron chi connectivity index (χ4n) is 4.36. The number of aliphatic carboxylic acids is 1. The lowest BCUT2D eigenvalue weighted by molar-refractivity contribution is -0.192. The number of H-pyrrole nitrogens is 1. The van der Waals surface area contributed by atoms with Crippen molar-refractivity contribution in [1.82, 2.24) is 20.2 Å². The molecule has 9 nitrogen and oxygen atoms in total. The van der Waals surface area contributed by atoms with E-state index in [1.165, 1.54) is 0 Å². The molecular weight excluding hydrogens is 481 g/mol. The first-order valence-corrected chi connectivity index (χ1v) is 11.1. The summed E-state index contributed by atoms with van der Waals surface area (Å²) in [6.07, 6.45) is -1.84. The van der Waals surface area contributed by atoms with E-state index in [2.05, 4.69) is 15.3 Å². The fraction of sp³-hybridized carbons (Fsp3) is 0.333. The number of aromatic nitrogens is 2. The minimum Gasteiger partial charge on any atom is -0.475 e. The highest BCUT2D eigenvalue weighted by atomic mass is 19.4. The number of rotatable bonds is 4. The lowest BCUT2D eigenvalue weighted by Crippen LogP contribution is -2.35. The second-order valence-electron chi connectivity index (χ2n) is 8.52. The molecule has 2 aromatic heterocycles. The van der Waals surface area contributed by atoms with E-state index in [4.69, 9.17) is 14.6 Å². The standard InChI is InChI=1S/C22H22N4O3.C2HF3O2/c27-21(14-5-7-23-8-6-14)24-10-16-13-29-20-12-26(11-17(16)20)22(28)19-9-15-3-1-2-4-18(15)25-19;3-2(4,5)1(6)7/h1-9,16-17,20,25H,10-13H2,(H,24,27);(H,6,7)/t16-,17+,20+;/m0./s1. The van der Waals surface area contributed by atoms with Crippen LogP contribution in [-0.2, 0) is 9.53 Å². The zero-order valence-corrected chi connectivity index (χ0v) is 18.9. The first kappa shape index (κ1) is 25.2. The highest BCUT2D eigenvalue weighted by molar-refractivity contribution is 5.98. The van der Waals surface area contributed by atoms with E-state index in [1.54, 1.807) is 24.5 Å². The average molecular weight is 504 g/mol. The molecule has 2 amide bonds. The number of hydrogen-bond donors (Lipinski definition) is 3. The third-order valence-corrected chi connectivity index (χ3v) is 6.20. The third-order valence-electron chi connectivity index (χ3n) is 6.20. The first-order valence-electron chi connectivity index (χ1n) is 11.1. The number of fused-ring (bicyclic) bond motifs is 2. The highest BCUT2D eigenvalue weighted by Gasteiger charge is 2.45. The summed E-state index contributed by atoms with van der Waals surface area (Å²) >= 11 is 0. The molecule has 3 atom stereocenters. The van der Waals surface area contributed by atoms with Gasteiger partial charge in [0.1, 0.15) is 5.69 Å². The predicted molar refractivity (Wildman–Crippen MR) is 121 cm³/mol. The maximum Gasteiger partial charge on any atom is 0.490 e. The molecule has 4 heterocycles. The number of pyridine rings is 1. The summed E-state index contributed by atoms with van der Waals surface area (Å²) < 4.78 is 37.7. The highest BCUT2D eigenvalue weighted by Crippen LogP contribution is 2.34. The van der Waals surface area contributed by atoms with Gasteiger partial charge in [0.05, 0.1) is 12.7 Å². The number of para-hydroxylation sites is 1. The molecule has 0 spiro atoms. The number of likely N-dealkylation sites (tertiary alicyclic amines) is 1. The Morgan fingerprint density at radius 1 is 1.14 bits per heavy atom. The summed E-state index contributed by atoms with van der Waals surface area (Å²) in [6.45, 7) is 2.39. The van der Waals surface area contributed by atoms with Gasteiger partial charge < -0.3 is 25.0 Å². The molecule has 3 aromatic rings. The van der Waals surface area contributed by atoms with Crippen LogP contribution in [0.2, 0.25) is 0 Å². The van der Waals surface area contributed by atoms with Crippen LogP contribution in [-0.4, -0.2) is 76.3 Å². The number of hydrogen-bond acceptors (Lipinski definition) is 5. The van der Waals surface area contributed by atoms with Crippen molar-refractivity contribution in [1.29, 1.82) is 0 Å². The molecule has 0 aliphatic carbocycles. The number of alkyl halides is 3. The van der Waals surface area contributed by atoms with Crippen molar-refractivity contribution in [3.8, 4) is 0 Å². The Kier molecular flexibility index (Phi) is 7.25. The van der Waals surface area contributed by atoms with Crippen LogP contribution in [0.4, 0.5) is 13.2 Å². The van der Waals surface area contributed by atoms with Crippen molar-refractivity contribution >= 4 is 28.7 Å². The Balaban J connectivity index is 0.000000384. The maximum atomic E-state index is 13.0. The van der Waals surface area contributed by atoms with Crippen LogP contribution in [0, 0.1) is 11.8 Å². The summed E-state index contributed by atoms with van der Waals surface area (Å²) in [4.78, 5) is 43.2. The van der Waals surface area contributed by atoms with Gasteiger partial charge in [0.15, 0.2) is 0 Å². The SMILES string of the molecule is O=C(NC[C@H]1CO[C@@H]2CN(C(=O)c3cc4ccccc4[nH]3)C[C@H]12)c1ccncc1.O=C(O)C(F)(F)F. The third kappa shape index (κ3) is 5.65. The summed E-state index contributed by atoms with van der Waals surface area (Å²) in [5, 5.41) is 11.1. The van der Waals surface area contributed by atoms with Crippen LogP contribution in [0.15, 0.2) is 54.9 Å². The number of nitrogens with one attached hydrogen (secondary N) is 2. The maximum absolute atomic E-state index is 13.0. The normalized spacial score (nSPS) is 21.0. The largest absolute Gasteiger partial charge is 0.490 e. The number of amides is 2. The minimum absolute atomic E-state index is 0.00114. The number of aromatic amines is 1. The minimum atomic E-state index is -5.08. The Morgan fingerprint density at radius 2 is 1.83 bits per heavy atom. The summed E-state index contributed by atoms with van der Waals surface area (Å²) in [5.41, 5.74) is 2.16. The number of carboxylic acids is 1.